The van der Waals surface area contributed by atoms with Crippen molar-refractivity contribution in [1.82, 2.24) is 10.2 Å². The van der Waals surface area contributed by atoms with Crippen LogP contribution in [0.3, 0.4) is 0 Å². The maximum absolute atomic E-state index is 12.7. The zero-order valence-electron chi connectivity index (χ0n) is 17.7. The maximum Gasteiger partial charge on any atom is 0.407 e. The van der Waals surface area contributed by atoms with Crippen LogP contribution in [0.2, 0.25) is 0 Å². The number of likely N-dealkylation sites (tertiary alicyclic amines) is 1. The number of carbonyl (C=O) groups excluding carboxylic acids is 2. The van der Waals surface area contributed by atoms with Crippen LogP contribution in [0.25, 0.3) is 0 Å². The number of carbonyl (C=O) groups is 2. The topological polar surface area (TPSA) is 117 Å². The van der Waals surface area contributed by atoms with E-state index >= 15 is 0 Å². The Morgan fingerprint density at radius 2 is 1.90 bits per heavy atom. The number of nitrogens with zero attached hydrogens (tertiary/aromatic N) is 2. The predicted octanol–water partition coefficient (Wildman–Crippen LogP) is 2.38. The van der Waals surface area contributed by atoms with Gasteiger partial charge in [0.25, 0.3) is 0 Å². The number of hydrogen-bond donors (Lipinski definition) is 1. The first-order valence-corrected chi connectivity index (χ1v) is 11.8. The second-order valence-electron chi connectivity index (χ2n) is 8.46. The van der Waals surface area contributed by atoms with Crippen molar-refractivity contribution in [2.24, 2.45) is 0 Å². The van der Waals surface area contributed by atoms with Crippen LogP contribution in [0.15, 0.2) is 24.3 Å². The van der Waals surface area contributed by atoms with Gasteiger partial charge in [-0.05, 0) is 57.7 Å². The summed E-state index contributed by atoms with van der Waals surface area (Å²) in [5.41, 5.74) is 0.357. The molecule has 164 valence electrons. The van der Waals surface area contributed by atoms with Crippen LogP contribution in [0, 0.1) is 11.3 Å². The van der Waals surface area contributed by atoms with E-state index in [0.717, 1.165) is 12.8 Å². The van der Waals surface area contributed by atoms with Gasteiger partial charge in [0.2, 0.25) is 5.91 Å². The summed E-state index contributed by atoms with van der Waals surface area (Å²) >= 11 is 0. The molecule has 1 unspecified atom stereocenters. The minimum atomic E-state index is -3.67. The van der Waals surface area contributed by atoms with Gasteiger partial charge in [0.1, 0.15) is 11.4 Å². The van der Waals surface area contributed by atoms with Crippen LogP contribution in [-0.2, 0) is 25.1 Å². The zero-order chi connectivity index (χ0) is 22.4. The first kappa shape index (κ1) is 23.7. The minimum absolute atomic E-state index is 0.219. The number of benzene rings is 1. The molecule has 1 fully saturated rings. The molecule has 2 rings (SSSR count). The lowest BCUT2D eigenvalue weighted by Gasteiger charge is -2.36. The van der Waals surface area contributed by atoms with Crippen LogP contribution in [0.5, 0.6) is 0 Å². The normalized spacial score (nSPS) is 17.1. The van der Waals surface area contributed by atoms with Crippen molar-refractivity contribution in [2.75, 3.05) is 18.8 Å². The molecule has 1 saturated heterocycles. The third-order valence-corrected chi connectivity index (χ3v) is 6.10. The quantitative estimate of drug-likeness (QED) is 0.733. The third-order valence-electron chi connectivity index (χ3n) is 4.64. The van der Waals surface area contributed by atoms with Crippen molar-refractivity contribution in [2.45, 2.75) is 57.4 Å². The standard InChI is InChI=1S/C21H29N3O5S/c1-21(2,3)29-20(26)23-13-18-6-4-5-11-24(18)19(25)15-30(27,28)14-17-9-7-16(12-22)8-10-17/h7-10,18H,4-6,11,13-15H2,1-3H3,(H,23,26). The average Bonchev–Trinajstić information content (AvgIpc) is 2.65. The van der Waals surface area contributed by atoms with Gasteiger partial charge in [0.05, 0.1) is 17.4 Å². The van der Waals surface area contributed by atoms with Crippen molar-refractivity contribution in [3.8, 4) is 6.07 Å². The number of nitrogens with one attached hydrogen (secondary N) is 1. The molecule has 0 saturated carbocycles. The number of ether oxygens (including phenoxy) is 1. The average molecular weight is 436 g/mol. The van der Waals surface area contributed by atoms with E-state index in [1.807, 2.05) is 6.07 Å². The molecule has 0 bridgehead atoms. The third kappa shape index (κ3) is 7.67. The van der Waals surface area contributed by atoms with Gasteiger partial charge >= 0.3 is 6.09 Å². The Balaban J connectivity index is 1.96. The van der Waals surface area contributed by atoms with Crippen molar-refractivity contribution in [1.29, 1.82) is 5.26 Å². The molecule has 0 spiro atoms. The predicted molar refractivity (Wildman–Crippen MR) is 112 cm³/mol. The summed E-state index contributed by atoms with van der Waals surface area (Å²) < 4.78 is 30.3. The second kappa shape index (κ2) is 9.94. The molecule has 1 heterocycles. The van der Waals surface area contributed by atoms with E-state index in [4.69, 9.17) is 10.00 Å². The molecule has 1 aliphatic heterocycles. The van der Waals surface area contributed by atoms with Gasteiger partial charge in [0.15, 0.2) is 9.84 Å². The highest BCUT2D eigenvalue weighted by molar-refractivity contribution is 7.91. The summed E-state index contributed by atoms with van der Waals surface area (Å²) in [6, 6.07) is 7.98. The molecule has 8 nitrogen and oxygen atoms in total. The Morgan fingerprint density at radius 1 is 1.23 bits per heavy atom. The number of hydrogen-bond acceptors (Lipinski definition) is 6. The highest BCUT2D eigenvalue weighted by Crippen LogP contribution is 2.18. The van der Waals surface area contributed by atoms with Crippen LogP contribution in [0.1, 0.15) is 51.2 Å². The molecule has 2 amide bonds. The molecule has 30 heavy (non-hydrogen) atoms. The monoisotopic (exact) mass is 435 g/mol. The molecular weight excluding hydrogens is 406 g/mol. The zero-order valence-corrected chi connectivity index (χ0v) is 18.5. The number of nitriles is 1. The van der Waals surface area contributed by atoms with Gasteiger partial charge in [-0.2, -0.15) is 5.26 Å². The summed E-state index contributed by atoms with van der Waals surface area (Å²) in [4.78, 5) is 26.2. The Kier molecular flexibility index (Phi) is 7.84. The highest BCUT2D eigenvalue weighted by Gasteiger charge is 2.30. The van der Waals surface area contributed by atoms with Gasteiger partial charge in [-0.3, -0.25) is 4.79 Å². The van der Waals surface area contributed by atoms with Gasteiger partial charge < -0.3 is 15.0 Å². The Bertz CT molecular complexity index is 898. The number of rotatable bonds is 6. The second-order valence-corrected chi connectivity index (χ2v) is 10.5. The molecule has 1 atom stereocenters. The van der Waals surface area contributed by atoms with Crippen LogP contribution in [0.4, 0.5) is 4.79 Å². The molecular formula is C21H29N3O5S. The minimum Gasteiger partial charge on any atom is -0.444 e. The highest BCUT2D eigenvalue weighted by atomic mass is 32.2. The molecule has 0 aromatic heterocycles. The SMILES string of the molecule is CC(C)(C)OC(=O)NCC1CCCCN1C(=O)CS(=O)(=O)Cc1ccc(C#N)cc1. The van der Waals surface area contributed by atoms with Crippen LogP contribution < -0.4 is 5.32 Å². The van der Waals surface area contributed by atoms with Crippen LogP contribution >= 0.6 is 0 Å². The van der Waals surface area contributed by atoms with Crippen molar-refractivity contribution in [3.63, 3.8) is 0 Å². The van der Waals surface area contributed by atoms with E-state index in [1.165, 1.54) is 0 Å². The first-order chi connectivity index (χ1) is 14.0. The molecule has 1 aliphatic rings. The van der Waals surface area contributed by atoms with Crippen molar-refractivity contribution in [3.05, 3.63) is 35.4 Å². The van der Waals surface area contributed by atoms with Crippen molar-refractivity contribution < 1.29 is 22.7 Å². The molecule has 9 heteroatoms. The van der Waals surface area contributed by atoms with Gasteiger partial charge in [0, 0.05) is 19.1 Å². The molecule has 0 radical (unpaired) electrons. The fourth-order valence-corrected chi connectivity index (χ4v) is 4.65. The molecule has 0 aliphatic carbocycles. The lowest BCUT2D eigenvalue weighted by molar-refractivity contribution is -0.132. The summed E-state index contributed by atoms with van der Waals surface area (Å²) in [5.74, 6) is -1.31. The Morgan fingerprint density at radius 3 is 2.50 bits per heavy atom. The molecule has 1 N–H and O–H groups in total. The summed E-state index contributed by atoms with van der Waals surface area (Å²) in [7, 11) is -3.67. The molecule has 1 aromatic rings. The van der Waals surface area contributed by atoms with Crippen LogP contribution in [-0.4, -0.2) is 55.8 Å². The van der Waals surface area contributed by atoms with E-state index in [1.54, 1.807) is 49.9 Å². The van der Waals surface area contributed by atoms with Gasteiger partial charge in [-0.15, -0.1) is 0 Å². The molecule has 1 aromatic carbocycles. The fourth-order valence-electron chi connectivity index (χ4n) is 3.31. The Labute approximate surface area is 178 Å². The largest absolute Gasteiger partial charge is 0.444 e. The summed E-state index contributed by atoms with van der Waals surface area (Å²) in [5, 5.41) is 11.5. The van der Waals surface area contributed by atoms with Crippen molar-refractivity contribution >= 4 is 21.8 Å². The van der Waals surface area contributed by atoms with Gasteiger partial charge in [-0.25, -0.2) is 13.2 Å². The van der Waals surface area contributed by atoms with E-state index in [0.29, 0.717) is 24.1 Å². The smallest absolute Gasteiger partial charge is 0.407 e. The van der Waals surface area contributed by atoms with E-state index in [-0.39, 0.29) is 18.3 Å². The number of sulfone groups is 1. The lowest BCUT2D eigenvalue weighted by atomic mass is 10.0. The fraction of sp³-hybridized carbons (Fsp3) is 0.571. The lowest BCUT2D eigenvalue weighted by Crippen LogP contribution is -2.51. The van der Waals surface area contributed by atoms with E-state index < -0.39 is 33.2 Å². The van der Waals surface area contributed by atoms with E-state index in [2.05, 4.69) is 5.32 Å². The van der Waals surface area contributed by atoms with Gasteiger partial charge in [-0.1, -0.05) is 12.1 Å². The van der Waals surface area contributed by atoms with E-state index in [9.17, 15) is 18.0 Å². The first-order valence-electron chi connectivity index (χ1n) is 9.95. The summed E-state index contributed by atoms with van der Waals surface area (Å²) in [6.45, 7) is 5.98. The summed E-state index contributed by atoms with van der Waals surface area (Å²) in [6.07, 6.45) is 1.83. The maximum atomic E-state index is 12.7. The number of piperidine rings is 1. The Hall–Kier alpha value is -2.60. The number of amides is 2. The number of alkyl carbamates (subject to hydrolysis) is 1.